The van der Waals surface area contributed by atoms with Crippen molar-refractivity contribution in [1.29, 1.82) is 0 Å². The Morgan fingerprint density at radius 3 is 1.00 bits per heavy atom. The molecule has 0 unspecified atom stereocenters. The van der Waals surface area contributed by atoms with Crippen molar-refractivity contribution in [2.75, 3.05) is 6.26 Å². The zero-order valence-electron chi connectivity index (χ0n) is 5.73. The summed E-state index contributed by atoms with van der Waals surface area (Å²) in [6.07, 6.45) is 1.62. The molecule has 10 heavy (non-hydrogen) atoms. The van der Waals surface area contributed by atoms with Crippen molar-refractivity contribution in [2.45, 2.75) is 0 Å². The number of hydrogen-bond acceptors (Lipinski definition) is 3. The molecule has 2 nitrogen and oxygen atoms in total. The molecule has 0 aliphatic carbocycles. The van der Waals surface area contributed by atoms with Crippen LogP contribution in [0, 0.1) is 0 Å². The zero-order chi connectivity index (χ0) is 3.41. The van der Waals surface area contributed by atoms with E-state index in [0.29, 0.717) is 0 Å². The summed E-state index contributed by atoms with van der Waals surface area (Å²) in [5.41, 5.74) is 0. The second kappa shape index (κ2) is 44.6. The van der Waals surface area contributed by atoms with Crippen molar-refractivity contribution in [3.8, 4) is 0 Å². The molecule has 44 valence electrons. The fourth-order valence-corrected chi connectivity index (χ4v) is 0. The zero-order valence-corrected chi connectivity index (χ0v) is 23.6. The van der Waals surface area contributed by atoms with Crippen molar-refractivity contribution in [3.05, 3.63) is 0 Å². The van der Waals surface area contributed by atoms with Crippen LogP contribution in [0.1, 0.15) is 0 Å². The van der Waals surface area contributed by atoms with E-state index in [1.54, 1.807) is 6.26 Å². The summed E-state index contributed by atoms with van der Waals surface area (Å²) in [5.74, 6) is 0. The van der Waals surface area contributed by atoms with E-state index >= 15 is 0 Å². The van der Waals surface area contributed by atoms with E-state index in [2.05, 4.69) is 4.33 Å². The first kappa shape index (κ1) is 43.6. The largest absolute Gasteiger partial charge is 0.239 e. The summed E-state index contributed by atoms with van der Waals surface area (Å²) in [6.45, 7) is 0. The van der Waals surface area contributed by atoms with Gasteiger partial charge in [-0.25, -0.2) is 5.26 Å². The van der Waals surface area contributed by atoms with E-state index in [9.17, 15) is 0 Å². The molecule has 0 aliphatic heterocycles. The molecule has 6 radical (unpaired) electrons. The van der Waals surface area contributed by atoms with E-state index in [1.807, 2.05) is 0 Å². The molecule has 0 aromatic heterocycles. The maximum absolute atomic E-state index is 7.34. The molecule has 0 atom stereocenters. The van der Waals surface area contributed by atoms with Gasteiger partial charge >= 0.3 is 0 Å². The quantitative estimate of drug-likeness (QED) is 0.269. The predicted molar refractivity (Wildman–Crippen MR) is 17.2 cm³/mol. The minimum atomic E-state index is 0. The van der Waals surface area contributed by atoms with Gasteiger partial charge in [-0.1, -0.05) is 0 Å². The third kappa shape index (κ3) is 46.1. The molecular formula is CH4O2SY6. The molecule has 0 saturated carbocycles. The molecular weight excluding hydrogens is 610 g/mol. The third-order valence-electron chi connectivity index (χ3n) is 0.0745. The molecule has 0 saturated heterocycles. The second-order valence-corrected chi connectivity index (χ2v) is 0.724. The number of rotatable bonds is 1. The van der Waals surface area contributed by atoms with E-state index in [4.69, 9.17) is 5.26 Å². The first-order valence-electron chi connectivity index (χ1n) is 0.757. The van der Waals surface area contributed by atoms with Crippen molar-refractivity contribution in [2.24, 2.45) is 0 Å². The molecule has 1 N–H and O–H groups in total. The van der Waals surface area contributed by atoms with Gasteiger partial charge in [0.15, 0.2) is 0 Å². The normalized spacial score (nSPS) is 3.00. The van der Waals surface area contributed by atoms with Gasteiger partial charge in [0.05, 0.1) is 0 Å². The summed E-state index contributed by atoms with van der Waals surface area (Å²) in [4.78, 5) is 0. The molecule has 0 amide bonds. The standard InChI is InChI=1S/CH4O2S.6Y/c1-4-3-2;;;;;;/h2H,1H3;;;;;;. The van der Waals surface area contributed by atoms with Gasteiger partial charge < -0.3 is 0 Å². The Morgan fingerprint density at radius 2 is 1.00 bits per heavy atom. The maximum Gasteiger partial charge on any atom is 0.0277 e. The topological polar surface area (TPSA) is 29.5 Å². The monoisotopic (exact) mass is 613 g/mol. The van der Waals surface area contributed by atoms with Gasteiger partial charge in [0.25, 0.3) is 0 Å². The Kier molecular flexibility index (Phi) is 194. The molecule has 0 heterocycles. The van der Waals surface area contributed by atoms with Gasteiger partial charge in [-0.05, 0) is 0 Å². The Labute approximate surface area is 217 Å². The Morgan fingerprint density at radius 1 is 0.900 bits per heavy atom. The van der Waals surface area contributed by atoms with Crippen molar-refractivity contribution in [1.82, 2.24) is 0 Å². The van der Waals surface area contributed by atoms with Gasteiger partial charge in [0.1, 0.15) is 0 Å². The smallest absolute Gasteiger partial charge is 0.0277 e. The predicted octanol–water partition coefficient (Wildman–Crippen LogP) is 0.739. The van der Waals surface area contributed by atoms with Crippen LogP contribution in [0.3, 0.4) is 0 Å². The van der Waals surface area contributed by atoms with Crippen LogP contribution in [-0.2, 0) is 201 Å². The molecule has 0 spiro atoms. The summed E-state index contributed by atoms with van der Waals surface area (Å²) >= 11 is 0.912. The van der Waals surface area contributed by atoms with Crippen LogP contribution in [-0.4, -0.2) is 11.5 Å². The fourth-order valence-electron chi connectivity index (χ4n) is 0. The van der Waals surface area contributed by atoms with Crippen LogP contribution < -0.4 is 0 Å². The fraction of sp³-hybridized carbons (Fsp3) is 1.00. The molecule has 0 rings (SSSR count). The SMILES string of the molecule is CSOO.[Y].[Y].[Y].[Y].[Y].[Y]. The van der Waals surface area contributed by atoms with Crippen molar-refractivity contribution < 1.29 is 206 Å². The van der Waals surface area contributed by atoms with Gasteiger partial charge in [-0.15, -0.1) is 0 Å². The summed E-state index contributed by atoms with van der Waals surface area (Å²) in [6, 6.07) is 0. The van der Waals surface area contributed by atoms with Crippen LogP contribution >= 0.6 is 12.0 Å². The van der Waals surface area contributed by atoms with Crippen LogP contribution in [0.15, 0.2) is 0 Å². The third-order valence-corrected chi connectivity index (χ3v) is 0.224. The van der Waals surface area contributed by atoms with Crippen LogP contribution in [0.2, 0.25) is 0 Å². The summed E-state index contributed by atoms with van der Waals surface area (Å²) in [5, 5.41) is 7.34. The Hall–Kier alpha value is 6.89. The van der Waals surface area contributed by atoms with E-state index in [-0.39, 0.29) is 196 Å². The minimum absolute atomic E-state index is 0. The van der Waals surface area contributed by atoms with E-state index in [1.165, 1.54) is 0 Å². The Balaban J connectivity index is -0.00000000300. The number of hydrogen-bond donors (Lipinski definition) is 1. The summed E-state index contributed by atoms with van der Waals surface area (Å²) in [7, 11) is 0. The van der Waals surface area contributed by atoms with Gasteiger partial charge in [-0.2, -0.15) is 4.33 Å². The molecule has 0 fully saturated rings. The second-order valence-electron chi connectivity index (χ2n) is 0.241. The van der Waals surface area contributed by atoms with Crippen LogP contribution in [0.4, 0.5) is 0 Å². The van der Waals surface area contributed by atoms with Crippen LogP contribution in [0.5, 0.6) is 0 Å². The first-order chi connectivity index (χ1) is 1.91. The Bertz CT molecular complexity index is 17.7. The first-order valence-corrected chi connectivity index (χ1v) is 1.91. The van der Waals surface area contributed by atoms with Gasteiger partial charge in [-0.3, -0.25) is 0 Å². The molecule has 0 bridgehead atoms. The average molecular weight is 614 g/mol. The van der Waals surface area contributed by atoms with E-state index < -0.39 is 0 Å². The van der Waals surface area contributed by atoms with E-state index in [0.717, 1.165) is 12.0 Å². The summed E-state index contributed by atoms with van der Waals surface area (Å²) < 4.78 is 3.46. The van der Waals surface area contributed by atoms with Gasteiger partial charge in [0, 0.05) is 215 Å². The van der Waals surface area contributed by atoms with Crippen molar-refractivity contribution in [3.63, 3.8) is 0 Å². The van der Waals surface area contributed by atoms with Crippen LogP contribution in [0.25, 0.3) is 0 Å². The van der Waals surface area contributed by atoms with Gasteiger partial charge in [0.2, 0.25) is 0 Å². The maximum atomic E-state index is 7.34. The molecule has 0 aromatic rings. The average Bonchev–Trinajstić information content (AvgIpc) is 1.37. The molecule has 0 aromatic carbocycles. The van der Waals surface area contributed by atoms with Crippen molar-refractivity contribution >= 4 is 12.0 Å². The molecule has 0 aliphatic rings. The minimum Gasteiger partial charge on any atom is -0.239 e. The molecule has 9 heteroatoms.